The Kier molecular flexibility index (Phi) is 12.3. The van der Waals surface area contributed by atoms with Crippen LogP contribution >= 0.6 is 11.6 Å². The molecule has 0 radical (unpaired) electrons. The molecule has 1 amide bonds. The fourth-order valence-corrected chi connectivity index (χ4v) is 4.55. The van der Waals surface area contributed by atoms with Crippen molar-refractivity contribution in [3.63, 3.8) is 0 Å². The molecule has 1 fully saturated rings. The average Bonchev–Trinajstić information content (AvgIpc) is 2.64. The van der Waals surface area contributed by atoms with Crippen molar-refractivity contribution >= 4 is 23.5 Å². The first-order chi connectivity index (χ1) is 14.8. The Balaban J connectivity index is 2.95. The molecular formula is C25H44ClNO5. The molecule has 0 spiro atoms. The maximum Gasteiger partial charge on any atom is 0.307 e. The summed E-state index contributed by atoms with van der Waals surface area (Å²) in [4.78, 5) is 25.5. The summed E-state index contributed by atoms with van der Waals surface area (Å²) in [7, 11) is 0. The van der Waals surface area contributed by atoms with Crippen molar-refractivity contribution in [1.82, 2.24) is 5.32 Å². The molecule has 7 heteroatoms. The molecule has 186 valence electrons. The van der Waals surface area contributed by atoms with Gasteiger partial charge in [0.1, 0.15) is 11.7 Å². The van der Waals surface area contributed by atoms with E-state index in [4.69, 9.17) is 16.3 Å². The number of hydrogen-bond acceptors (Lipinski definition) is 5. The summed E-state index contributed by atoms with van der Waals surface area (Å²) in [6, 6.07) is -0.593. The van der Waals surface area contributed by atoms with Crippen LogP contribution in [0.5, 0.6) is 0 Å². The van der Waals surface area contributed by atoms with Crippen LogP contribution in [-0.2, 0) is 14.3 Å². The summed E-state index contributed by atoms with van der Waals surface area (Å²) in [5, 5.41) is 24.7. The fourth-order valence-electron chi connectivity index (χ4n) is 4.37. The largest absolute Gasteiger partial charge is 0.460 e. The lowest BCUT2D eigenvalue weighted by Crippen LogP contribution is -2.51. The van der Waals surface area contributed by atoms with Gasteiger partial charge < -0.3 is 20.3 Å². The van der Waals surface area contributed by atoms with Gasteiger partial charge >= 0.3 is 5.97 Å². The molecule has 0 heterocycles. The molecule has 0 aliphatic heterocycles. The standard InChI is InChI=1S/C25H44ClNO5/c1-16(2)12-21(28)23(30)20(14-18-10-8-7-9-11-18)27-24(31)19(13-17(3)26)15-22(29)32-25(4,5)6/h16,18-21,23,28,30H,3,7-15H2,1-2,4-6H3,(H,27,31)/t19-,20+,21-,23+/m1/s1. The summed E-state index contributed by atoms with van der Waals surface area (Å²) in [5.41, 5.74) is -0.656. The van der Waals surface area contributed by atoms with E-state index in [1.165, 1.54) is 6.42 Å². The minimum absolute atomic E-state index is 0.129. The van der Waals surface area contributed by atoms with Gasteiger partial charge in [-0.3, -0.25) is 9.59 Å². The van der Waals surface area contributed by atoms with Gasteiger partial charge in [0.05, 0.1) is 24.5 Å². The molecule has 4 atom stereocenters. The van der Waals surface area contributed by atoms with Crippen molar-refractivity contribution in [2.24, 2.45) is 17.8 Å². The minimum atomic E-state index is -1.08. The van der Waals surface area contributed by atoms with Gasteiger partial charge in [-0.05, 0) is 51.9 Å². The zero-order valence-electron chi connectivity index (χ0n) is 20.5. The predicted octanol–water partition coefficient (Wildman–Crippen LogP) is 4.70. The normalized spacial score (nSPS) is 19.2. The highest BCUT2D eigenvalue weighted by atomic mass is 35.5. The number of halogens is 1. The quantitative estimate of drug-likeness (QED) is 0.357. The lowest BCUT2D eigenvalue weighted by atomic mass is 9.82. The molecule has 32 heavy (non-hydrogen) atoms. The van der Waals surface area contributed by atoms with Gasteiger partial charge in [-0.2, -0.15) is 0 Å². The highest BCUT2D eigenvalue weighted by Crippen LogP contribution is 2.29. The van der Waals surface area contributed by atoms with Crippen molar-refractivity contribution in [3.8, 4) is 0 Å². The summed E-state index contributed by atoms with van der Waals surface area (Å²) >= 11 is 5.98. The van der Waals surface area contributed by atoms with Crippen molar-refractivity contribution in [2.75, 3.05) is 0 Å². The maximum absolute atomic E-state index is 13.2. The van der Waals surface area contributed by atoms with Crippen LogP contribution in [0, 0.1) is 17.8 Å². The molecule has 1 rings (SSSR count). The molecule has 0 aromatic carbocycles. The van der Waals surface area contributed by atoms with Crippen LogP contribution in [0.4, 0.5) is 0 Å². The SMILES string of the molecule is C=C(Cl)C[C@H](CC(=O)OC(C)(C)C)C(=O)N[C@@H](CC1CCCCC1)[C@H](O)[C@H](O)CC(C)C. The molecule has 0 aromatic rings. The second-order valence-electron chi connectivity index (χ2n) is 10.8. The Labute approximate surface area is 199 Å². The fraction of sp³-hybridized carbons (Fsp3) is 0.840. The third-order valence-electron chi connectivity index (χ3n) is 5.83. The van der Waals surface area contributed by atoms with Gasteiger partial charge in [0.15, 0.2) is 0 Å². The summed E-state index contributed by atoms with van der Waals surface area (Å²) in [6.07, 6.45) is 4.64. The topological polar surface area (TPSA) is 95.9 Å². The van der Waals surface area contributed by atoms with E-state index in [0.717, 1.165) is 25.7 Å². The highest BCUT2D eigenvalue weighted by molar-refractivity contribution is 6.29. The number of carbonyl (C=O) groups excluding carboxylic acids is 2. The van der Waals surface area contributed by atoms with Crippen molar-refractivity contribution in [3.05, 3.63) is 11.6 Å². The predicted molar refractivity (Wildman–Crippen MR) is 128 cm³/mol. The summed E-state index contributed by atoms with van der Waals surface area (Å²) in [5.74, 6) is -1.01. The molecule has 1 aliphatic carbocycles. The second kappa shape index (κ2) is 13.6. The van der Waals surface area contributed by atoms with Gasteiger partial charge in [-0.25, -0.2) is 0 Å². The van der Waals surface area contributed by atoms with Crippen LogP contribution in [0.2, 0.25) is 0 Å². The molecule has 1 aliphatic rings. The Morgan fingerprint density at radius 1 is 1.12 bits per heavy atom. The first-order valence-corrected chi connectivity index (χ1v) is 12.4. The maximum atomic E-state index is 13.2. The van der Waals surface area contributed by atoms with E-state index in [1.54, 1.807) is 20.8 Å². The minimum Gasteiger partial charge on any atom is -0.460 e. The molecule has 3 N–H and O–H groups in total. The van der Waals surface area contributed by atoms with Crippen molar-refractivity contribution < 1.29 is 24.5 Å². The molecule has 0 saturated heterocycles. The summed E-state index contributed by atoms with van der Waals surface area (Å²) in [6.45, 7) is 12.9. The van der Waals surface area contributed by atoms with Crippen LogP contribution < -0.4 is 5.32 Å². The number of amides is 1. The van der Waals surface area contributed by atoms with Crippen molar-refractivity contribution in [2.45, 2.75) is 116 Å². The number of esters is 1. The Morgan fingerprint density at radius 3 is 2.22 bits per heavy atom. The van der Waals surface area contributed by atoms with E-state index in [2.05, 4.69) is 11.9 Å². The van der Waals surface area contributed by atoms with E-state index in [-0.39, 0.29) is 29.7 Å². The van der Waals surface area contributed by atoms with Gasteiger partial charge in [0, 0.05) is 5.03 Å². The monoisotopic (exact) mass is 473 g/mol. The van der Waals surface area contributed by atoms with Crippen molar-refractivity contribution in [1.29, 1.82) is 0 Å². The van der Waals surface area contributed by atoms with Crippen LogP contribution in [0.15, 0.2) is 11.6 Å². The van der Waals surface area contributed by atoms with Gasteiger partial charge in [0.2, 0.25) is 5.91 Å². The van der Waals surface area contributed by atoms with Gasteiger partial charge in [-0.1, -0.05) is 64.1 Å². The van der Waals surface area contributed by atoms with Gasteiger partial charge in [0.25, 0.3) is 0 Å². The third kappa shape index (κ3) is 11.7. The molecule has 0 aromatic heterocycles. The number of rotatable bonds is 12. The zero-order chi connectivity index (χ0) is 24.5. The average molecular weight is 474 g/mol. The van der Waals surface area contributed by atoms with Crippen LogP contribution in [0.3, 0.4) is 0 Å². The van der Waals surface area contributed by atoms with Gasteiger partial charge in [-0.15, -0.1) is 0 Å². The molecular weight excluding hydrogens is 430 g/mol. The number of aliphatic hydroxyl groups is 2. The van der Waals surface area contributed by atoms with E-state index in [1.807, 2.05) is 13.8 Å². The first-order valence-electron chi connectivity index (χ1n) is 12.0. The number of carbonyl (C=O) groups is 2. The Bertz CT molecular complexity index is 610. The highest BCUT2D eigenvalue weighted by Gasteiger charge is 2.34. The second-order valence-corrected chi connectivity index (χ2v) is 11.3. The number of allylic oxidation sites excluding steroid dienone is 1. The first kappa shape index (κ1) is 28.9. The van der Waals surface area contributed by atoms with E-state index >= 15 is 0 Å². The Hall–Kier alpha value is -1.11. The van der Waals surface area contributed by atoms with E-state index in [0.29, 0.717) is 18.8 Å². The third-order valence-corrected chi connectivity index (χ3v) is 5.99. The van der Waals surface area contributed by atoms with E-state index in [9.17, 15) is 19.8 Å². The molecule has 1 saturated carbocycles. The van der Waals surface area contributed by atoms with E-state index < -0.39 is 35.7 Å². The Morgan fingerprint density at radius 2 is 1.72 bits per heavy atom. The number of aliphatic hydroxyl groups excluding tert-OH is 2. The number of ether oxygens (including phenoxy) is 1. The lowest BCUT2D eigenvalue weighted by Gasteiger charge is -2.33. The molecule has 6 nitrogen and oxygen atoms in total. The molecule has 0 unspecified atom stereocenters. The van der Waals surface area contributed by atoms with Crippen LogP contribution in [0.25, 0.3) is 0 Å². The molecule has 0 bridgehead atoms. The lowest BCUT2D eigenvalue weighted by molar-refractivity contribution is -0.157. The smallest absolute Gasteiger partial charge is 0.307 e. The summed E-state index contributed by atoms with van der Waals surface area (Å²) < 4.78 is 5.37. The van der Waals surface area contributed by atoms with Crippen LogP contribution in [-0.4, -0.2) is 45.9 Å². The van der Waals surface area contributed by atoms with Crippen LogP contribution in [0.1, 0.15) is 92.4 Å². The zero-order valence-corrected chi connectivity index (χ0v) is 21.3. The number of nitrogens with one attached hydrogen (secondary N) is 1. The number of hydrogen-bond donors (Lipinski definition) is 3.